The van der Waals surface area contributed by atoms with Crippen LogP contribution in [0.2, 0.25) is 5.02 Å². The largest absolute Gasteiger partial charge is 0.493 e. The molecule has 2 atom stereocenters. The van der Waals surface area contributed by atoms with Gasteiger partial charge in [0.15, 0.2) is 17.3 Å². The average molecular weight is 505 g/mol. The minimum atomic E-state index is -4.74. The normalized spacial score (nSPS) is 19.7. The zero-order chi connectivity index (χ0) is 24.9. The summed E-state index contributed by atoms with van der Waals surface area (Å²) in [6, 6.07) is 11.2. The van der Waals surface area contributed by atoms with Gasteiger partial charge in [-0.2, -0.15) is 18.2 Å². The summed E-state index contributed by atoms with van der Waals surface area (Å²) in [4.78, 5) is 17.2. The molecular formula is C24H20ClF3N4O3. The van der Waals surface area contributed by atoms with Crippen molar-refractivity contribution in [2.45, 2.75) is 31.0 Å². The number of methoxy groups -OCH3 is 2. The molecule has 0 saturated heterocycles. The Morgan fingerprint density at radius 3 is 2.51 bits per heavy atom. The second-order valence-electron chi connectivity index (χ2n) is 8.32. The van der Waals surface area contributed by atoms with Gasteiger partial charge < -0.3 is 14.8 Å². The summed E-state index contributed by atoms with van der Waals surface area (Å²) in [5.41, 5.74) is 2.27. The third-order valence-corrected chi connectivity index (χ3v) is 6.45. The fraction of sp³-hybridized carbons (Fsp3) is 0.292. The van der Waals surface area contributed by atoms with Crippen LogP contribution in [0.4, 0.5) is 19.1 Å². The number of nitrogens with one attached hydrogen (secondary N) is 1. The van der Waals surface area contributed by atoms with Crippen LogP contribution in [0.5, 0.6) is 11.5 Å². The molecule has 1 aliphatic carbocycles. The van der Waals surface area contributed by atoms with Gasteiger partial charge in [-0.15, -0.1) is 5.10 Å². The Labute approximate surface area is 203 Å². The lowest BCUT2D eigenvalue weighted by Gasteiger charge is -2.35. The molecule has 0 bridgehead atoms. The van der Waals surface area contributed by atoms with Gasteiger partial charge in [0, 0.05) is 22.7 Å². The van der Waals surface area contributed by atoms with Gasteiger partial charge in [0.05, 0.1) is 14.2 Å². The Morgan fingerprint density at radius 1 is 1.06 bits per heavy atom. The van der Waals surface area contributed by atoms with Gasteiger partial charge in [0.1, 0.15) is 6.04 Å². The first-order valence-electron chi connectivity index (χ1n) is 10.7. The van der Waals surface area contributed by atoms with Gasteiger partial charge in [-0.3, -0.25) is 4.79 Å². The standard InChI is InChI=1S/C24H20ClF3N4O3/c1-34-18-7-6-12(11-19(18)35-2)14-9-16-20(17(33)10-14)21(13-4-3-5-15(25)8-13)32-23(29-16)30-22(31-32)24(26,27)28/h3-8,11,14,21H,9-10H2,1-2H3,(H,29,30,31)/t14-,21+/m1/s1. The highest BCUT2D eigenvalue weighted by Gasteiger charge is 2.43. The van der Waals surface area contributed by atoms with Gasteiger partial charge in [-0.25, -0.2) is 4.68 Å². The Hall–Kier alpha value is -3.53. The van der Waals surface area contributed by atoms with Gasteiger partial charge in [0.25, 0.3) is 5.82 Å². The molecular weight excluding hydrogens is 485 g/mol. The summed E-state index contributed by atoms with van der Waals surface area (Å²) in [5.74, 6) is -0.691. The van der Waals surface area contributed by atoms with E-state index in [1.807, 2.05) is 12.1 Å². The minimum absolute atomic E-state index is 0.0817. The van der Waals surface area contributed by atoms with E-state index in [0.717, 1.165) is 10.2 Å². The van der Waals surface area contributed by atoms with E-state index in [4.69, 9.17) is 21.1 Å². The van der Waals surface area contributed by atoms with E-state index in [2.05, 4.69) is 15.4 Å². The van der Waals surface area contributed by atoms with Crippen molar-refractivity contribution in [2.75, 3.05) is 19.5 Å². The molecule has 7 nitrogen and oxygen atoms in total. The number of hydrogen-bond donors (Lipinski definition) is 1. The van der Waals surface area contributed by atoms with Crippen LogP contribution in [0, 0.1) is 0 Å². The predicted octanol–water partition coefficient (Wildman–Crippen LogP) is 5.38. The fourth-order valence-electron chi connectivity index (χ4n) is 4.66. The third-order valence-electron chi connectivity index (χ3n) is 6.22. The number of rotatable bonds is 4. The molecule has 0 radical (unpaired) electrons. The molecule has 5 rings (SSSR count). The van der Waals surface area contributed by atoms with Gasteiger partial charge >= 0.3 is 6.18 Å². The van der Waals surface area contributed by atoms with Crippen molar-refractivity contribution in [2.24, 2.45) is 0 Å². The van der Waals surface area contributed by atoms with Crippen LogP contribution >= 0.6 is 11.6 Å². The molecule has 3 aromatic rings. The van der Waals surface area contributed by atoms with Crippen molar-refractivity contribution in [1.82, 2.24) is 14.8 Å². The lowest BCUT2D eigenvalue weighted by molar-refractivity contribution is -0.145. The molecule has 35 heavy (non-hydrogen) atoms. The summed E-state index contributed by atoms with van der Waals surface area (Å²) in [6.07, 6.45) is -4.18. The van der Waals surface area contributed by atoms with Gasteiger partial charge in [0.2, 0.25) is 5.95 Å². The van der Waals surface area contributed by atoms with Crippen LogP contribution < -0.4 is 14.8 Å². The smallest absolute Gasteiger partial charge is 0.453 e. The number of fused-ring (bicyclic) bond motifs is 1. The number of nitrogens with zero attached hydrogens (tertiary/aromatic N) is 3. The number of alkyl halides is 3. The fourth-order valence-corrected chi connectivity index (χ4v) is 4.86. The number of carbonyl (C=O) groups is 1. The Balaban J connectivity index is 1.60. The number of allylic oxidation sites excluding steroid dienone is 2. The predicted molar refractivity (Wildman–Crippen MR) is 122 cm³/mol. The molecule has 0 spiro atoms. The van der Waals surface area contributed by atoms with Crippen LogP contribution in [-0.4, -0.2) is 34.8 Å². The highest BCUT2D eigenvalue weighted by atomic mass is 35.5. The highest BCUT2D eigenvalue weighted by molar-refractivity contribution is 6.30. The first kappa shape index (κ1) is 23.2. The van der Waals surface area contributed by atoms with E-state index in [0.29, 0.717) is 39.8 Å². The van der Waals surface area contributed by atoms with E-state index in [9.17, 15) is 18.0 Å². The molecule has 0 amide bonds. The molecule has 1 aliphatic heterocycles. The number of benzene rings is 2. The van der Waals surface area contributed by atoms with Crippen molar-refractivity contribution in [3.63, 3.8) is 0 Å². The molecule has 1 aromatic heterocycles. The number of hydrogen-bond acceptors (Lipinski definition) is 6. The van der Waals surface area contributed by atoms with E-state index in [-0.39, 0.29) is 24.1 Å². The summed E-state index contributed by atoms with van der Waals surface area (Å²) in [6.45, 7) is 0. The van der Waals surface area contributed by atoms with E-state index in [1.165, 1.54) is 14.2 Å². The maximum absolute atomic E-state index is 13.5. The molecule has 0 unspecified atom stereocenters. The van der Waals surface area contributed by atoms with Crippen molar-refractivity contribution >= 4 is 23.3 Å². The monoisotopic (exact) mass is 504 g/mol. The first-order valence-corrected chi connectivity index (χ1v) is 11.1. The van der Waals surface area contributed by atoms with Gasteiger partial charge in [-0.1, -0.05) is 29.8 Å². The molecule has 2 aliphatic rings. The summed E-state index contributed by atoms with van der Waals surface area (Å²) in [7, 11) is 3.06. The van der Waals surface area contributed by atoms with E-state index >= 15 is 0 Å². The van der Waals surface area contributed by atoms with E-state index in [1.54, 1.807) is 30.3 Å². The zero-order valence-corrected chi connectivity index (χ0v) is 19.4. The lowest BCUT2D eigenvalue weighted by atomic mass is 9.78. The zero-order valence-electron chi connectivity index (χ0n) is 18.7. The SMILES string of the molecule is COc1ccc([C@H]2CC(=O)C3=C(C2)Nc2nc(C(F)(F)F)nn2[C@H]3c2cccc(Cl)c2)cc1OC. The molecule has 11 heteroatoms. The second-order valence-corrected chi connectivity index (χ2v) is 8.76. The topological polar surface area (TPSA) is 78.3 Å². The molecule has 2 heterocycles. The average Bonchev–Trinajstić information content (AvgIpc) is 3.26. The molecule has 1 N–H and O–H groups in total. The number of ether oxygens (including phenoxy) is 2. The molecule has 0 saturated carbocycles. The third kappa shape index (κ3) is 4.12. The van der Waals surface area contributed by atoms with Crippen molar-refractivity contribution in [3.8, 4) is 11.5 Å². The molecule has 0 fully saturated rings. The van der Waals surface area contributed by atoms with Crippen LogP contribution in [0.15, 0.2) is 53.7 Å². The van der Waals surface area contributed by atoms with Crippen LogP contribution in [0.3, 0.4) is 0 Å². The van der Waals surface area contributed by atoms with Crippen LogP contribution in [0.25, 0.3) is 0 Å². The quantitative estimate of drug-likeness (QED) is 0.514. The maximum Gasteiger partial charge on any atom is 0.453 e. The first-order chi connectivity index (χ1) is 16.7. The lowest BCUT2D eigenvalue weighted by Crippen LogP contribution is -2.33. The van der Waals surface area contributed by atoms with Crippen molar-refractivity contribution in [3.05, 3.63) is 75.7 Å². The maximum atomic E-state index is 13.5. The van der Waals surface area contributed by atoms with Gasteiger partial charge in [-0.05, 0) is 47.7 Å². The Bertz CT molecular complexity index is 1350. The second kappa shape index (κ2) is 8.60. The highest BCUT2D eigenvalue weighted by Crippen LogP contribution is 2.46. The van der Waals surface area contributed by atoms with Crippen molar-refractivity contribution < 1.29 is 27.4 Å². The van der Waals surface area contributed by atoms with E-state index < -0.39 is 18.0 Å². The summed E-state index contributed by atoms with van der Waals surface area (Å²) < 4.78 is 52.1. The number of Topliss-reactive ketones (excluding diaryl/α,β-unsaturated/α-hetero) is 1. The summed E-state index contributed by atoms with van der Waals surface area (Å²) >= 11 is 6.17. The number of ketones is 1. The number of carbonyl (C=O) groups excluding carboxylic acids is 1. The molecule has 182 valence electrons. The van der Waals surface area contributed by atoms with Crippen LogP contribution in [-0.2, 0) is 11.0 Å². The van der Waals surface area contributed by atoms with Crippen LogP contribution in [0.1, 0.15) is 41.8 Å². The minimum Gasteiger partial charge on any atom is -0.493 e. The number of halogens is 4. The number of anilines is 1. The Morgan fingerprint density at radius 2 is 1.83 bits per heavy atom. The Kier molecular flexibility index (Phi) is 5.71. The summed E-state index contributed by atoms with van der Waals surface area (Å²) in [5, 5.41) is 7.05. The number of aromatic nitrogens is 3. The molecule has 2 aromatic carbocycles. The van der Waals surface area contributed by atoms with Crippen molar-refractivity contribution in [1.29, 1.82) is 0 Å².